The fourth-order valence-corrected chi connectivity index (χ4v) is 6.95. The molecule has 240 valence electrons. The van der Waals surface area contributed by atoms with Crippen LogP contribution in [-0.2, 0) is 29.1 Å². The lowest BCUT2D eigenvalue weighted by molar-refractivity contribution is -0.148. The van der Waals surface area contributed by atoms with Gasteiger partial charge in [-0.25, -0.2) is 13.2 Å². The molecule has 0 radical (unpaired) electrons. The van der Waals surface area contributed by atoms with Gasteiger partial charge in [0.15, 0.2) is 11.4 Å². The van der Waals surface area contributed by atoms with Gasteiger partial charge in [-0.3, -0.25) is 19.3 Å². The van der Waals surface area contributed by atoms with Gasteiger partial charge in [-0.05, 0) is 44.5 Å². The summed E-state index contributed by atoms with van der Waals surface area (Å²) in [5, 5.41) is 48.3. The molecule has 0 spiro atoms. The second kappa shape index (κ2) is 11.2. The first kappa shape index (κ1) is 32.0. The number of nitrogens with two attached hydrogens (primary N) is 1. The fraction of sp³-hybridized carbons (Fsp3) is 0.387. The molecule has 7 N–H and O–H groups in total. The van der Waals surface area contributed by atoms with Crippen molar-refractivity contribution in [3.8, 4) is 5.75 Å². The third-order valence-corrected chi connectivity index (χ3v) is 8.98. The van der Waals surface area contributed by atoms with Gasteiger partial charge in [-0.15, -0.1) is 0 Å². The Morgan fingerprint density at radius 3 is 2.22 bits per heavy atom. The summed E-state index contributed by atoms with van der Waals surface area (Å²) in [6.07, 6.45) is 0.0345. The van der Waals surface area contributed by atoms with Crippen molar-refractivity contribution in [2.45, 2.75) is 37.6 Å². The number of hydrogen-bond acceptors (Lipinski definition) is 10. The van der Waals surface area contributed by atoms with Crippen molar-refractivity contribution in [3.05, 3.63) is 80.6 Å². The van der Waals surface area contributed by atoms with Crippen LogP contribution in [0.25, 0.3) is 0 Å². The number of primary amides is 1. The topological polar surface area (TPSA) is 177 Å². The lowest BCUT2D eigenvalue weighted by Gasteiger charge is -2.50. The zero-order chi connectivity index (χ0) is 33.3. The van der Waals surface area contributed by atoms with E-state index in [1.54, 1.807) is 39.2 Å². The largest absolute Gasteiger partial charge is 0.510 e. The number of aliphatic hydroxyl groups is 3. The summed E-state index contributed by atoms with van der Waals surface area (Å²) < 4.78 is 41.6. The number of ketones is 2. The smallest absolute Gasteiger partial charge is 0.255 e. The second-order valence-corrected chi connectivity index (χ2v) is 12.1. The number of carbonyl (C=O) groups is 3. The highest BCUT2D eigenvalue weighted by molar-refractivity contribution is 6.25. The van der Waals surface area contributed by atoms with Crippen molar-refractivity contribution in [3.63, 3.8) is 0 Å². The predicted molar refractivity (Wildman–Crippen MR) is 155 cm³/mol. The minimum atomic E-state index is -2.77. The van der Waals surface area contributed by atoms with Crippen LogP contribution in [0.3, 0.4) is 0 Å². The standard InChI is InChI=1S/C31H33F3N4O7/c1-37(2)20-7-13(10-36-11-16-18(33)8-14(32)9-19(16)34)25(39)22-15(20)5-12-6-17-24(38(3)4)27(41)23(30(35)44)29(43)31(17,45)28(42)21(12)26(22)40/h7-9,12,17,24,36,39,41-42,45H,5-6,10-11H2,1-4H3,(H2,35,44)/t12-,17-,24-,31-/m0/s1. The normalized spacial score (nSPS) is 24.5. The fourth-order valence-electron chi connectivity index (χ4n) is 6.95. The lowest BCUT2D eigenvalue weighted by atomic mass is 9.58. The molecule has 2 aromatic rings. The number of nitrogens with one attached hydrogen (secondary N) is 1. The summed E-state index contributed by atoms with van der Waals surface area (Å²) >= 11 is 0. The molecule has 1 amide bonds. The SMILES string of the molecule is CN(C)c1cc(CNCc2c(F)cc(F)cc2F)c(O)c2c1C[C@H]1C[C@H]3[C@H](N(C)C)C(O)=C(C(N)=O)C(=O)[C@@]3(O)C(O)=C1C2=O. The van der Waals surface area contributed by atoms with E-state index in [-0.39, 0.29) is 42.6 Å². The number of phenols is 1. The maximum atomic E-state index is 14.2. The molecule has 2 aromatic carbocycles. The Morgan fingerprint density at radius 1 is 1.04 bits per heavy atom. The van der Waals surface area contributed by atoms with Crippen LogP contribution < -0.4 is 16.0 Å². The molecule has 0 heterocycles. The van der Waals surface area contributed by atoms with Gasteiger partial charge in [0, 0.05) is 67.6 Å². The highest BCUT2D eigenvalue weighted by Gasteiger charge is 2.63. The van der Waals surface area contributed by atoms with Crippen LogP contribution in [0.1, 0.15) is 33.5 Å². The number of benzene rings is 2. The summed E-state index contributed by atoms with van der Waals surface area (Å²) in [7, 11) is 6.50. The molecule has 45 heavy (non-hydrogen) atoms. The number of anilines is 1. The minimum Gasteiger partial charge on any atom is -0.510 e. The van der Waals surface area contributed by atoms with Crippen molar-refractivity contribution < 1.29 is 48.0 Å². The highest BCUT2D eigenvalue weighted by Crippen LogP contribution is 2.53. The van der Waals surface area contributed by atoms with Crippen molar-refractivity contribution in [2.75, 3.05) is 33.1 Å². The van der Waals surface area contributed by atoms with Gasteiger partial charge in [0.2, 0.25) is 5.78 Å². The summed E-state index contributed by atoms with van der Waals surface area (Å²) in [4.78, 5) is 42.9. The van der Waals surface area contributed by atoms with Crippen molar-refractivity contribution in [1.82, 2.24) is 10.2 Å². The second-order valence-electron chi connectivity index (χ2n) is 12.1. The number of halogens is 3. The average molecular weight is 631 g/mol. The first-order valence-electron chi connectivity index (χ1n) is 14.1. The summed E-state index contributed by atoms with van der Waals surface area (Å²) in [6.45, 7) is -0.557. The molecule has 0 fully saturated rings. The first-order valence-corrected chi connectivity index (χ1v) is 14.1. The number of carbonyl (C=O) groups excluding carboxylic acids is 3. The number of allylic oxidation sites excluding steroid dienone is 1. The molecule has 0 bridgehead atoms. The highest BCUT2D eigenvalue weighted by atomic mass is 19.1. The molecular weight excluding hydrogens is 597 g/mol. The molecule has 0 aliphatic heterocycles. The molecular formula is C31H33F3N4O7. The van der Waals surface area contributed by atoms with Gasteiger partial charge in [0.05, 0.1) is 11.6 Å². The zero-order valence-electron chi connectivity index (χ0n) is 24.9. The Balaban J connectivity index is 1.59. The quantitative estimate of drug-likeness (QED) is 0.248. The maximum absolute atomic E-state index is 14.2. The monoisotopic (exact) mass is 630 g/mol. The molecule has 14 heteroatoms. The Kier molecular flexibility index (Phi) is 7.96. The molecule has 0 aromatic heterocycles. The number of nitrogens with zero attached hydrogens (tertiary/aromatic N) is 2. The van der Waals surface area contributed by atoms with Crippen molar-refractivity contribution >= 4 is 23.2 Å². The molecule has 0 unspecified atom stereocenters. The van der Waals surface area contributed by atoms with Gasteiger partial charge in [-0.1, -0.05) is 0 Å². The zero-order valence-corrected chi connectivity index (χ0v) is 24.9. The number of likely N-dealkylation sites (N-methyl/N-ethyl adjacent to an activating group) is 1. The Bertz CT molecular complexity index is 1700. The number of fused-ring (bicyclic) bond motifs is 3. The van der Waals surface area contributed by atoms with Gasteiger partial charge in [-0.2, -0.15) is 0 Å². The Morgan fingerprint density at radius 2 is 1.67 bits per heavy atom. The molecule has 0 saturated heterocycles. The molecule has 3 aliphatic carbocycles. The van der Waals surface area contributed by atoms with Crippen LogP contribution in [0.4, 0.5) is 18.9 Å². The summed E-state index contributed by atoms with van der Waals surface area (Å²) in [5.41, 5.74) is 1.87. The number of aliphatic hydroxyl groups excluding tert-OH is 2. The van der Waals surface area contributed by atoms with Crippen LogP contribution in [0.5, 0.6) is 5.75 Å². The van der Waals surface area contributed by atoms with E-state index in [1.165, 1.54) is 4.90 Å². The maximum Gasteiger partial charge on any atom is 0.255 e. The lowest BCUT2D eigenvalue weighted by Crippen LogP contribution is -2.63. The molecule has 11 nitrogen and oxygen atoms in total. The van der Waals surface area contributed by atoms with Crippen LogP contribution in [0.15, 0.2) is 40.9 Å². The average Bonchev–Trinajstić information content (AvgIpc) is 2.92. The van der Waals surface area contributed by atoms with Crippen LogP contribution in [0, 0.1) is 29.3 Å². The predicted octanol–water partition coefficient (Wildman–Crippen LogP) is 1.89. The van der Waals surface area contributed by atoms with Crippen LogP contribution >= 0.6 is 0 Å². The third kappa shape index (κ3) is 4.84. The molecule has 0 saturated carbocycles. The van der Waals surface area contributed by atoms with Gasteiger partial charge in [0.25, 0.3) is 5.91 Å². The van der Waals surface area contributed by atoms with E-state index in [0.717, 1.165) is 0 Å². The van der Waals surface area contributed by atoms with Gasteiger partial charge >= 0.3 is 0 Å². The Hall–Kier alpha value is -4.40. The number of hydrogen-bond donors (Lipinski definition) is 6. The summed E-state index contributed by atoms with van der Waals surface area (Å²) in [5.74, 6) is -10.8. The first-order chi connectivity index (χ1) is 21.0. The van der Waals surface area contributed by atoms with Crippen LogP contribution in [0.2, 0.25) is 0 Å². The number of phenolic OH excluding ortho intramolecular Hbond substituents is 1. The van der Waals surface area contributed by atoms with Crippen LogP contribution in [-0.4, -0.2) is 82.6 Å². The van der Waals surface area contributed by atoms with E-state index >= 15 is 0 Å². The molecule has 5 rings (SSSR count). The van der Waals surface area contributed by atoms with E-state index < -0.39 is 86.8 Å². The third-order valence-electron chi connectivity index (χ3n) is 8.98. The van der Waals surface area contributed by atoms with Gasteiger partial charge in [0.1, 0.15) is 40.3 Å². The van der Waals surface area contributed by atoms with E-state index in [9.17, 15) is 48.0 Å². The minimum absolute atomic E-state index is 0.0580. The van der Waals surface area contributed by atoms with Crippen molar-refractivity contribution in [2.24, 2.45) is 17.6 Å². The van der Waals surface area contributed by atoms with E-state index in [4.69, 9.17) is 5.73 Å². The number of amides is 1. The number of Topliss-reactive ketones (excluding diaryl/α,β-unsaturated/α-hetero) is 2. The van der Waals surface area contributed by atoms with E-state index in [0.29, 0.717) is 23.4 Å². The van der Waals surface area contributed by atoms with E-state index in [2.05, 4.69) is 5.32 Å². The van der Waals surface area contributed by atoms with Crippen molar-refractivity contribution in [1.29, 1.82) is 0 Å². The summed E-state index contributed by atoms with van der Waals surface area (Å²) in [6, 6.07) is 1.57. The number of rotatable bonds is 7. The molecule has 4 atom stereocenters. The van der Waals surface area contributed by atoms with Gasteiger partial charge < -0.3 is 36.4 Å². The Labute approximate surface area is 256 Å². The molecule has 3 aliphatic rings. The van der Waals surface area contributed by atoms with E-state index in [1.807, 2.05) is 0 Å². The number of aromatic hydroxyl groups is 1.